The molecule has 4 rings (SSSR count). The van der Waals surface area contributed by atoms with Crippen LogP contribution in [0.4, 0.5) is 24.5 Å². The number of hydrogen-bond donors (Lipinski definition) is 2. The number of ether oxygens (including phenoxy) is 1. The molecule has 11 heteroatoms. The van der Waals surface area contributed by atoms with Crippen molar-refractivity contribution in [3.05, 3.63) is 89.5 Å². The fourth-order valence-corrected chi connectivity index (χ4v) is 4.08. The van der Waals surface area contributed by atoms with Crippen molar-refractivity contribution >= 4 is 35.3 Å². The zero-order chi connectivity index (χ0) is 28.7. The Labute approximate surface area is 228 Å². The second-order valence-corrected chi connectivity index (χ2v) is 9.14. The molecule has 0 aromatic heterocycles. The van der Waals surface area contributed by atoms with E-state index in [1.807, 2.05) is 24.3 Å². The van der Waals surface area contributed by atoms with Gasteiger partial charge in [-0.1, -0.05) is 25.1 Å². The number of alkyl halides is 3. The normalized spacial score (nSPS) is 15.3. The Morgan fingerprint density at radius 3 is 2.48 bits per heavy atom. The van der Waals surface area contributed by atoms with Gasteiger partial charge >= 0.3 is 6.18 Å². The van der Waals surface area contributed by atoms with E-state index in [1.54, 1.807) is 29.2 Å². The summed E-state index contributed by atoms with van der Waals surface area (Å²) in [4.78, 5) is 38.7. The first kappa shape index (κ1) is 28.3. The number of amides is 3. The van der Waals surface area contributed by atoms with E-state index < -0.39 is 30.2 Å². The molecule has 0 bridgehead atoms. The second-order valence-electron chi connectivity index (χ2n) is 9.14. The molecule has 0 spiro atoms. The van der Waals surface area contributed by atoms with Gasteiger partial charge in [-0.2, -0.15) is 18.3 Å². The van der Waals surface area contributed by atoms with Crippen molar-refractivity contribution in [1.29, 1.82) is 0 Å². The average molecular weight is 553 g/mol. The van der Waals surface area contributed by atoms with Crippen molar-refractivity contribution in [2.45, 2.75) is 25.9 Å². The predicted molar refractivity (Wildman–Crippen MR) is 144 cm³/mol. The van der Waals surface area contributed by atoms with Crippen molar-refractivity contribution in [2.75, 3.05) is 23.4 Å². The fraction of sp³-hybridized carbons (Fsp3) is 0.241. The van der Waals surface area contributed by atoms with Crippen molar-refractivity contribution in [2.24, 2.45) is 11.0 Å². The summed E-state index contributed by atoms with van der Waals surface area (Å²) >= 11 is 0. The maximum absolute atomic E-state index is 12.8. The van der Waals surface area contributed by atoms with E-state index >= 15 is 0 Å². The van der Waals surface area contributed by atoms with Crippen molar-refractivity contribution < 1.29 is 32.3 Å². The number of halogens is 3. The highest BCUT2D eigenvalue weighted by molar-refractivity contribution is 6.00. The summed E-state index contributed by atoms with van der Waals surface area (Å²) < 4.78 is 43.8. The SMILES string of the molecule is CCc1ccc(N2C[C@H](C(=O)N/N=C/c3ccc(OCC(=O)Nc4cccc(C(F)(F)F)c4)cc3)CC2=O)cc1. The molecule has 0 radical (unpaired) electrons. The molecule has 0 unspecified atom stereocenters. The van der Waals surface area contributed by atoms with Crippen LogP contribution in [0.25, 0.3) is 0 Å². The first-order valence-electron chi connectivity index (χ1n) is 12.5. The molecule has 40 heavy (non-hydrogen) atoms. The van der Waals surface area contributed by atoms with E-state index in [-0.39, 0.29) is 30.5 Å². The fourth-order valence-electron chi connectivity index (χ4n) is 4.08. The van der Waals surface area contributed by atoms with Gasteiger partial charge in [-0.15, -0.1) is 0 Å². The highest BCUT2D eigenvalue weighted by atomic mass is 19.4. The van der Waals surface area contributed by atoms with Crippen molar-refractivity contribution in [3.63, 3.8) is 0 Å². The van der Waals surface area contributed by atoms with Gasteiger partial charge in [-0.25, -0.2) is 5.43 Å². The molecule has 3 aromatic carbocycles. The number of carbonyl (C=O) groups excluding carboxylic acids is 3. The number of nitrogens with zero attached hydrogens (tertiary/aromatic N) is 2. The van der Waals surface area contributed by atoms with Crippen LogP contribution in [0.3, 0.4) is 0 Å². The monoisotopic (exact) mass is 552 g/mol. The van der Waals surface area contributed by atoms with Gasteiger partial charge < -0.3 is 15.0 Å². The van der Waals surface area contributed by atoms with E-state index in [0.717, 1.165) is 29.8 Å². The van der Waals surface area contributed by atoms with Gasteiger partial charge in [0.1, 0.15) is 5.75 Å². The van der Waals surface area contributed by atoms with Crippen LogP contribution in [0.5, 0.6) is 5.75 Å². The van der Waals surface area contributed by atoms with Crippen LogP contribution in [0.2, 0.25) is 0 Å². The molecular formula is C29H27F3N4O4. The van der Waals surface area contributed by atoms with Gasteiger partial charge in [-0.3, -0.25) is 14.4 Å². The number of hydrazone groups is 1. The molecule has 0 aliphatic carbocycles. The quantitative estimate of drug-likeness (QED) is 0.295. The van der Waals surface area contributed by atoms with E-state index in [2.05, 4.69) is 22.8 Å². The number of nitrogens with one attached hydrogen (secondary N) is 2. The molecule has 3 amide bonds. The lowest BCUT2D eigenvalue weighted by Crippen LogP contribution is -2.30. The van der Waals surface area contributed by atoms with Crippen LogP contribution in [-0.2, 0) is 27.0 Å². The molecule has 3 aromatic rings. The lowest BCUT2D eigenvalue weighted by atomic mass is 10.1. The van der Waals surface area contributed by atoms with Crippen LogP contribution in [0, 0.1) is 5.92 Å². The molecule has 1 saturated heterocycles. The van der Waals surface area contributed by atoms with Gasteiger partial charge in [0.05, 0.1) is 17.7 Å². The minimum absolute atomic E-state index is 0.0114. The standard InChI is InChI=1S/C29H27F3N4O4/c1-2-19-6-10-24(11-7-19)36-17-21(14-27(36)38)28(39)35-33-16-20-8-12-25(13-9-20)40-18-26(37)34-23-5-3-4-22(15-23)29(30,31)32/h3-13,15-16,21H,2,14,17-18H2,1H3,(H,34,37)(H,35,39)/b33-16+/t21-/m1/s1. The van der Waals surface area contributed by atoms with Crippen molar-refractivity contribution in [3.8, 4) is 5.75 Å². The maximum Gasteiger partial charge on any atom is 0.416 e. The Bertz CT molecular complexity index is 1390. The first-order chi connectivity index (χ1) is 19.1. The lowest BCUT2D eigenvalue weighted by Gasteiger charge is -2.16. The lowest BCUT2D eigenvalue weighted by molar-refractivity contribution is -0.137. The molecule has 1 atom stereocenters. The third-order valence-electron chi connectivity index (χ3n) is 6.26. The molecule has 8 nitrogen and oxygen atoms in total. The summed E-state index contributed by atoms with van der Waals surface area (Å²) in [5.41, 5.74) is 4.18. The summed E-state index contributed by atoms with van der Waals surface area (Å²) in [5, 5.41) is 6.33. The molecule has 0 saturated carbocycles. The number of hydrogen-bond acceptors (Lipinski definition) is 5. The number of anilines is 2. The molecular weight excluding hydrogens is 525 g/mol. The largest absolute Gasteiger partial charge is 0.484 e. The Hall–Kier alpha value is -4.67. The molecule has 208 valence electrons. The zero-order valence-corrected chi connectivity index (χ0v) is 21.6. The smallest absolute Gasteiger partial charge is 0.416 e. The molecule has 1 aliphatic heterocycles. The Balaban J connectivity index is 1.22. The highest BCUT2D eigenvalue weighted by Gasteiger charge is 2.35. The summed E-state index contributed by atoms with van der Waals surface area (Å²) in [5.74, 6) is -1.25. The van der Waals surface area contributed by atoms with Gasteiger partial charge in [0.25, 0.3) is 5.91 Å². The van der Waals surface area contributed by atoms with Crippen molar-refractivity contribution in [1.82, 2.24) is 5.43 Å². The summed E-state index contributed by atoms with van der Waals surface area (Å²) in [7, 11) is 0. The Morgan fingerprint density at radius 1 is 1.07 bits per heavy atom. The van der Waals surface area contributed by atoms with Crippen LogP contribution in [0.15, 0.2) is 77.9 Å². The van der Waals surface area contributed by atoms with Gasteiger partial charge in [0.2, 0.25) is 11.8 Å². The molecule has 1 aliphatic rings. The third kappa shape index (κ3) is 7.46. The summed E-state index contributed by atoms with van der Waals surface area (Å²) in [6.45, 7) is 1.93. The highest BCUT2D eigenvalue weighted by Crippen LogP contribution is 2.30. The van der Waals surface area contributed by atoms with Gasteiger partial charge in [0.15, 0.2) is 6.61 Å². The minimum atomic E-state index is -4.51. The minimum Gasteiger partial charge on any atom is -0.484 e. The number of rotatable bonds is 9. The predicted octanol–water partition coefficient (Wildman–Crippen LogP) is 4.79. The Morgan fingerprint density at radius 2 is 1.80 bits per heavy atom. The average Bonchev–Trinajstić information content (AvgIpc) is 3.34. The molecule has 1 fully saturated rings. The van der Waals surface area contributed by atoms with E-state index in [9.17, 15) is 27.6 Å². The van der Waals surface area contributed by atoms with Crippen LogP contribution >= 0.6 is 0 Å². The Kier molecular flexibility index (Phi) is 8.83. The number of carbonyl (C=O) groups is 3. The third-order valence-corrected chi connectivity index (χ3v) is 6.26. The molecule has 2 N–H and O–H groups in total. The molecule has 1 heterocycles. The maximum atomic E-state index is 12.8. The number of benzene rings is 3. The topological polar surface area (TPSA) is 100 Å². The van der Waals surface area contributed by atoms with E-state index in [4.69, 9.17) is 4.74 Å². The van der Waals surface area contributed by atoms with Crippen LogP contribution < -0.4 is 20.4 Å². The summed E-state index contributed by atoms with van der Waals surface area (Å²) in [6, 6.07) is 18.5. The van der Waals surface area contributed by atoms with Gasteiger partial charge in [-0.05, 0) is 72.1 Å². The summed E-state index contributed by atoms with van der Waals surface area (Å²) in [6.07, 6.45) is -2.08. The van der Waals surface area contributed by atoms with E-state index in [0.29, 0.717) is 11.3 Å². The first-order valence-corrected chi connectivity index (χ1v) is 12.5. The number of aryl methyl sites for hydroxylation is 1. The zero-order valence-electron chi connectivity index (χ0n) is 21.6. The van der Waals surface area contributed by atoms with Crippen LogP contribution in [0.1, 0.15) is 30.0 Å². The van der Waals surface area contributed by atoms with Gasteiger partial charge in [0, 0.05) is 24.3 Å². The second kappa shape index (κ2) is 12.5. The van der Waals surface area contributed by atoms with Crippen LogP contribution in [-0.4, -0.2) is 37.1 Å². The van der Waals surface area contributed by atoms with E-state index in [1.165, 1.54) is 18.3 Å².